The largest absolute Gasteiger partial charge is 0.445 e. The third-order valence-corrected chi connectivity index (χ3v) is 5.11. The highest BCUT2D eigenvalue weighted by molar-refractivity contribution is 7.10. The first-order valence-electron chi connectivity index (χ1n) is 8.37. The Kier molecular flexibility index (Phi) is 4.71. The van der Waals surface area contributed by atoms with E-state index in [4.69, 9.17) is 4.74 Å². The summed E-state index contributed by atoms with van der Waals surface area (Å²) >= 11 is 1.60. The maximum Gasteiger partial charge on any atom is 0.409 e. The number of para-hydroxylation sites is 1. The van der Waals surface area contributed by atoms with Crippen LogP contribution in [-0.4, -0.2) is 10.7 Å². The van der Waals surface area contributed by atoms with Crippen LogP contribution in [0, 0.1) is 0 Å². The summed E-state index contributed by atoms with van der Waals surface area (Å²) in [5.74, 6) is 0. The molecule has 26 heavy (non-hydrogen) atoms. The van der Waals surface area contributed by atoms with Gasteiger partial charge < -0.3 is 9.30 Å². The normalized spacial score (nSPS) is 12.0. The van der Waals surface area contributed by atoms with Crippen molar-refractivity contribution in [2.24, 2.45) is 0 Å². The van der Waals surface area contributed by atoms with E-state index >= 15 is 0 Å². The molecule has 0 bridgehead atoms. The standard InChI is InChI=1S/C21H18N2O2S/c24-21(25-15-16-7-2-1-3-8-16)22-20(19-11-6-14-26-19)23-13-12-17-9-4-5-10-18(17)23/h1-14,20H,15H2,(H,22,24). The Morgan fingerprint density at radius 1 is 1.00 bits per heavy atom. The number of fused-ring (bicyclic) bond motifs is 1. The lowest BCUT2D eigenvalue weighted by atomic mass is 10.2. The Morgan fingerprint density at radius 3 is 2.62 bits per heavy atom. The third-order valence-electron chi connectivity index (χ3n) is 4.19. The summed E-state index contributed by atoms with van der Waals surface area (Å²) in [5.41, 5.74) is 2.02. The van der Waals surface area contributed by atoms with Gasteiger partial charge in [0, 0.05) is 11.1 Å². The molecule has 4 rings (SSSR count). The summed E-state index contributed by atoms with van der Waals surface area (Å²) < 4.78 is 7.47. The lowest BCUT2D eigenvalue weighted by Crippen LogP contribution is -2.32. The summed E-state index contributed by atoms with van der Waals surface area (Å²) in [7, 11) is 0. The molecule has 1 unspecified atom stereocenters. The van der Waals surface area contributed by atoms with E-state index in [0.29, 0.717) is 0 Å². The molecular weight excluding hydrogens is 344 g/mol. The lowest BCUT2D eigenvalue weighted by Gasteiger charge is -2.20. The molecule has 2 aromatic heterocycles. The molecule has 0 aliphatic heterocycles. The van der Waals surface area contributed by atoms with Crippen LogP contribution in [0.1, 0.15) is 16.6 Å². The van der Waals surface area contributed by atoms with Crippen molar-refractivity contribution >= 4 is 28.3 Å². The fourth-order valence-corrected chi connectivity index (χ4v) is 3.70. The number of hydrogen-bond acceptors (Lipinski definition) is 3. The molecule has 1 N–H and O–H groups in total. The number of rotatable bonds is 5. The van der Waals surface area contributed by atoms with E-state index < -0.39 is 6.09 Å². The van der Waals surface area contributed by atoms with Gasteiger partial charge in [0.05, 0.1) is 5.52 Å². The number of carbonyl (C=O) groups is 1. The number of hydrogen-bond donors (Lipinski definition) is 1. The van der Waals surface area contributed by atoms with Crippen LogP contribution in [0.25, 0.3) is 10.9 Å². The molecule has 0 fully saturated rings. The number of nitrogens with one attached hydrogen (secondary N) is 1. The van der Waals surface area contributed by atoms with E-state index in [1.807, 2.05) is 78.3 Å². The van der Waals surface area contributed by atoms with Crippen molar-refractivity contribution in [3.63, 3.8) is 0 Å². The number of benzene rings is 2. The Hall–Kier alpha value is -3.05. The van der Waals surface area contributed by atoms with Crippen molar-refractivity contribution in [3.8, 4) is 0 Å². The first-order valence-corrected chi connectivity index (χ1v) is 9.25. The maximum absolute atomic E-state index is 12.4. The molecule has 130 valence electrons. The summed E-state index contributed by atoms with van der Waals surface area (Å²) in [6.07, 6.45) is 1.25. The zero-order valence-electron chi connectivity index (χ0n) is 14.0. The van der Waals surface area contributed by atoms with Crippen LogP contribution in [0.4, 0.5) is 4.79 Å². The molecule has 4 aromatic rings. The van der Waals surface area contributed by atoms with Crippen LogP contribution < -0.4 is 5.32 Å². The molecule has 1 amide bonds. The number of amides is 1. The first kappa shape index (κ1) is 16.4. The molecule has 0 radical (unpaired) electrons. The average molecular weight is 362 g/mol. The molecule has 4 nitrogen and oxygen atoms in total. The smallest absolute Gasteiger partial charge is 0.409 e. The van der Waals surface area contributed by atoms with Crippen LogP contribution in [0.5, 0.6) is 0 Å². The molecule has 0 saturated carbocycles. The Morgan fingerprint density at radius 2 is 1.81 bits per heavy atom. The van der Waals surface area contributed by atoms with E-state index in [2.05, 4.69) is 16.0 Å². The van der Waals surface area contributed by atoms with Gasteiger partial charge in [-0.2, -0.15) is 0 Å². The van der Waals surface area contributed by atoms with Gasteiger partial charge in [-0.25, -0.2) is 4.79 Å². The van der Waals surface area contributed by atoms with Crippen molar-refractivity contribution in [2.45, 2.75) is 12.8 Å². The first-order chi connectivity index (χ1) is 12.8. The molecule has 0 aliphatic carbocycles. The van der Waals surface area contributed by atoms with E-state index in [0.717, 1.165) is 21.3 Å². The van der Waals surface area contributed by atoms with Crippen LogP contribution in [0.3, 0.4) is 0 Å². The summed E-state index contributed by atoms with van der Waals surface area (Å²) in [6, 6.07) is 23.8. The Labute approximate surface area is 155 Å². The van der Waals surface area contributed by atoms with Gasteiger partial charge >= 0.3 is 6.09 Å². The van der Waals surface area contributed by atoms with Gasteiger partial charge in [0.25, 0.3) is 0 Å². The van der Waals surface area contributed by atoms with Crippen LogP contribution in [-0.2, 0) is 11.3 Å². The zero-order valence-corrected chi connectivity index (χ0v) is 14.9. The molecule has 0 spiro atoms. The van der Waals surface area contributed by atoms with Crippen LogP contribution in [0.2, 0.25) is 0 Å². The highest BCUT2D eigenvalue weighted by Crippen LogP contribution is 2.26. The van der Waals surface area contributed by atoms with E-state index in [1.54, 1.807) is 11.3 Å². The van der Waals surface area contributed by atoms with Crippen LogP contribution in [0.15, 0.2) is 84.4 Å². The summed E-state index contributed by atoms with van der Waals surface area (Å²) in [5, 5.41) is 6.13. The SMILES string of the molecule is O=C(NC(c1cccs1)n1ccc2ccccc21)OCc1ccccc1. The van der Waals surface area contributed by atoms with Gasteiger partial charge in [-0.05, 0) is 34.5 Å². The Balaban J connectivity index is 1.56. The Bertz CT molecular complexity index is 993. The highest BCUT2D eigenvalue weighted by atomic mass is 32.1. The molecular formula is C21H18N2O2S. The average Bonchev–Trinajstić information content (AvgIpc) is 3.35. The topological polar surface area (TPSA) is 43.3 Å². The summed E-state index contributed by atoms with van der Waals surface area (Å²) in [6.45, 7) is 0.246. The van der Waals surface area contributed by atoms with E-state index in [1.165, 1.54) is 0 Å². The third kappa shape index (κ3) is 3.48. The van der Waals surface area contributed by atoms with Crippen molar-refractivity contribution in [2.75, 3.05) is 0 Å². The second kappa shape index (κ2) is 7.45. The van der Waals surface area contributed by atoms with Gasteiger partial charge in [-0.15, -0.1) is 11.3 Å². The predicted octanol–water partition coefficient (Wildman–Crippen LogP) is 5.18. The molecule has 2 aromatic carbocycles. The van der Waals surface area contributed by atoms with Gasteiger partial charge in [0.1, 0.15) is 12.8 Å². The number of alkyl carbamates (subject to hydrolysis) is 1. The second-order valence-corrected chi connectivity index (χ2v) is 6.89. The maximum atomic E-state index is 12.4. The van der Waals surface area contributed by atoms with Gasteiger partial charge in [0.2, 0.25) is 0 Å². The molecule has 5 heteroatoms. The number of carbonyl (C=O) groups excluding carboxylic acids is 1. The quantitative estimate of drug-likeness (QED) is 0.532. The number of ether oxygens (including phenoxy) is 1. The lowest BCUT2D eigenvalue weighted by molar-refractivity contribution is 0.134. The molecule has 0 saturated heterocycles. The number of thiophene rings is 1. The fourth-order valence-electron chi connectivity index (χ4n) is 2.93. The fraction of sp³-hybridized carbons (Fsp3) is 0.0952. The number of nitrogens with zero attached hydrogens (tertiary/aromatic N) is 1. The second-order valence-electron chi connectivity index (χ2n) is 5.91. The van der Waals surface area contributed by atoms with Crippen molar-refractivity contribution in [3.05, 3.63) is 94.8 Å². The van der Waals surface area contributed by atoms with Crippen LogP contribution >= 0.6 is 11.3 Å². The minimum absolute atomic E-state index is 0.246. The minimum atomic E-state index is -0.440. The highest BCUT2D eigenvalue weighted by Gasteiger charge is 2.19. The van der Waals surface area contributed by atoms with Crippen molar-refractivity contribution < 1.29 is 9.53 Å². The molecule has 0 aliphatic rings. The van der Waals surface area contributed by atoms with E-state index in [9.17, 15) is 4.79 Å². The monoisotopic (exact) mass is 362 g/mol. The van der Waals surface area contributed by atoms with Gasteiger partial charge in [0.15, 0.2) is 0 Å². The molecule has 2 heterocycles. The van der Waals surface area contributed by atoms with Crippen molar-refractivity contribution in [1.82, 2.24) is 9.88 Å². The summed E-state index contributed by atoms with van der Waals surface area (Å²) in [4.78, 5) is 13.5. The number of aromatic nitrogens is 1. The van der Waals surface area contributed by atoms with Gasteiger partial charge in [-0.3, -0.25) is 5.32 Å². The van der Waals surface area contributed by atoms with Crippen molar-refractivity contribution in [1.29, 1.82) is 0 Å². The predicted molar refractivity (Wildman–Crippen MR) is 104 cm³/mol. The molecule has 1 atom stereocenters. The van der Waals surface area contributed by atoms with Gasteiger partial charge in [-0.1, -0.05) is 54.6 Å². The van der Waals surface area contributed by atoms with E-state index in [-0.39, 0.29) is 12.8 Å². The zero-order chi connectivity index (χ0) is 17.8. The minimum Gasteiger partial charge on any atom is -0.445 e.